The van der Waals surface area contributed by atoms with Crippen LogP contribution in [0, 0.1) is 0 Å². The molecule has 0 radical (unpaired) electrons. The maximum Gasteiger partial charge on any atom is 0.156 e. The van der Waals surface area contributed by atoms with Gasteiger partial charge in [0.05, 0.1) is 12.3 Å². The molecule has 0 aliphatic rings. The first kappa shape index (κ1) is 11.9. The Morgan fingerprint density at radius 2 is 2.13 bits per heavy atom. The van der Waals surface area contributed by atoms with Gasteiger partial charge in [0.2, 0.25) is 0 Å². The van der Waals surface area contributed by atoms with Crippen molar-refractivity contribution in [3.8, 4) is 0 Å². The lowest BCUT2D eigenvalue weighted by atomic mass is 10.4. The molecule has 1 aromatic heterocycles. The number of nitrogens with zero attached hydrogens (tertiary/aromatic N) is 2. The summed E-state index contributed by atoms with van der Waals surface area (Å²) in [6, 6.07) is 1.86. The van der Waals surface area contributed by atoms with Crippen molar-refractivity contribution in [1.82, 2.24) is 9.97 Å². The van der Waals surface area contributed by atoms with Gasteiger partial charge in [0, 0.05) is 26.8 Å². The van der Waals surface area contributed by atoms with Crippen LogP contribution in [0.3, 0.4) is 0 Å². The van der Waals surface area contributed by atoms with Crippen LogP contribution in [0.15, 0.2) is 6.07 Å². The highest BCUT2D eigenvalue weighted by Gasteiger charge is 2.03. The van der Waals surface area contributed by atoms with Gasteiger partial charge in [-0.05, 0) is 6.92 Å². The SMILES string of the molecule is CCOCc1nc(COC)cc(NC)n1. The number of aromatic nitrogens is 2. The Morgan fingerprint density at radius 1 is 1.33 bits per heavy atom. The average Bonchev–Trinajstić information content (AvgIpc) is 2.26. The van der Waals surface area contributed by atoms with Crippen LogP contribution in [0.5, 0.6) is 0 Å². The monoisotopic (exact) mass is 211 g/mol. The van der Waals surface area contributed by atoms with Crippen LogP contribution in [-0.4, -0.2) is 30.7 Å². The molecule has 5 heteroatoms. The van der Waals surface area contributed by atoms with E-state index in [9.17, 15) is 0 Å². The van der Waals surface area contributed by atoms with Crippen molar-refractivity contribution in [2.75, 3.05) is 26.1 Å². The van der Waals surface area contributed by atoms with Gasteiger partial charge >= 0.3 is 0 Å². The maximum absolute atomic E-state index is 5.26. The van der Waals surface area contributed by atoms with Gasteiger partial charge in [-0.3, -0.25) is 0 Å². The normalized spacial score (nSPS) is 10.3. The number of nitrogens with one attached hydrogen (secondary N) is 1. The summed E-state index contributed by atoms with van der Waals surface area (Å²) in [4.78, 5) is 8.58. The lowest BCUT2D eigenvalue weighted by Gasteiger charge is -2.07. The van der Waals surface area contributed by atoms with Crippen molar-refractivity contribution < 1.29 is 9.47 Å². The predicted molar refractivity (Wildman–Crippen MR) is 57.6 cm³/mol. The fraction of sp³-hybridized carbons (Fsp3) is 0.600. The maximum atomic E-state index is 5.26. The molecule has 1 rings (SSSR count). The van der Waals surface area contributed by atoms with Crippen LogP contribution in [0.25, 0.3) is 0 Å². The minimum atomic E-state index is 0.433. The van der Waals surface area contributed by atoms with Crippen LogP contribution in [-0.2, 0) is 22.7 Å². The predicted octanol–water partition coefficient (Wildman–Crippen LogP) is 1.20. The van der Waals surface area contributed by atoms with Crippen molar-refractivity contribution in [1.29, 1.82) is 0 Å². The van der Waals surface area contributed by atoms with Crippen molar-refractivity contribution in [2.24, 2.45) is 0 Å². The third kappa shape index (κ3) is 3.81. The molecule has 0 aliphatic heterocycles. The van der Waals surface area contributed by atoms with Gasteiger partial charge < -0.3 is 14.8 Å². The molecule has 84 valence electrons. The van der Waals surface area contributed by atoms with E-state index in [2.05, 4.69) is 15.3 Å². The van der Waals surface area contributed by atoms with E-state index in [4.69, 9.17) is 9.47 Å². The highest BCUT2D eigenvalue weighted by molar-refractivity contribution is 5.34. The zero-order valence-corrected chi connectivity index (χ0v) is 9.41. The second-order valence-corrected chi connectivity index (χ2v) is 2.98. The van der Waals surface area contributed by atoms with Crippen molar-refractivity contribution >= 4 is 5.82 Å². The molecular weight excluding hydrogens is 194 g/mol. The molecule has 15 heavy (non-hydrogen) atoms. The molecule has 0 saturated heterocycles. The highest BCUT2D eigenvalue weighted by Crippen LogP contribution is 2.07. The first-order chi connectivity index (χ1) is 7.30. The summed E-state index contributed by atoms with van der Waals surface area (Å²) >= 11 is 0. The quantitative estimate of drug-likeness (QED) is 0.766. The summed E-state index contributed by atoms with van der Waals surface area (Å²) in [5, 5.41) is 2.98. The second-order valence-electron chi connectivity index (χ2n) is 2.98. The summed E-state index contributed by atoms with van der Waals surface area (Å²) in [6.07, 6.45) is 0. The first-order valence-electron chi connectivity index (χ1n) is 4.91. The lowest BCUT2D eigenvalue weighted by Crippen LogP contribution is -2.06. The lowest BCUT2D eigenvalue weighted by molar-refractivity contribution is 0.127. The largest absolute Gasteiger partial charge is 0.378 e. The molecule has 1 aromatic rings. The Hall–Kier alpha value is -1.20. The van der Waals surface area contributed by atoms with Crippen molar-refractivity contribution in [2.45, 2.75) is 20.1 Å². The van der Waals surface area contributed by atoms with E-state index in [1.165, 1.54) is 0 Å². The molecule has 1 N–H and O–H groups in total. The first-order valence-corrected chi connectivity index (χ1v) is 4.91. The Bertz CT molecular complexity index is 305. The summed E-state index contributed by atoms with van der Waals surface area (Å²) in [5.41, 5.74) is 0.853. The number of hydrogen-bond donors (Lipinski definition) is 1. The zero-order chi connectivity index (χ0) is 11.1. The van der Waals surface area contributed by atoms with E-state index < -0.39 is 0 Å². The molecule has 0 atom stereocenters. The van der Waals surface area contributed by atoms with Crippen LogP contribution >= 0.6 is 0 Å². The molecule has 1 heterocycles. The molecule has 0 amide bonds. The highest BCUT2D eigenvalue weighted by atomic mass is 16.5. The molecule has 0 fully saturated rings. The van der Waals surface area contributed by atoms with E-state index >= 15 is 0 Å². The van der Waals surface area contributed by atoms with Crippen LogP contribution in [0.2, 0.25) is 0 Å². The van der Waals surface area contributed by atoms with Gasteiger partial charge in [-0.1, -0.05) is 0 Å². The molecule has 5 nitrogen and oxygen atoms in total. The smallest absolute Gasteiger partial charge is 0.156 e. The number of hydrogen-bond acceptors (Lipinski definition) is 5. The third-order valence-corrected chi connectivity index (χ3v) is 1.81. The van der Waals surface area contributed by atoms with E-state index in [1.54, 1.807) is 7.11 Å². The van der Waals surface area contributed by atoms with Gasteiger partial charge in [0.25, 0.3) is 0 Å². The average molecular weight is 211 g/mol. The number of ether oxygens (including phenoxy) is 2. The topological polar surface area (TPSA) is 56.3 Å². The van der Waals surface area contributed by atoms with Crippen LogP contribution in [0.1, 0.15) is 18.4 Å². The molecule has 0 saturated carbocycles. The second kappa shape index (κ2) is 6.31. The Balaban J connectivity index is 2.79. The number of rotatable bonds is 6. The molecule has 0 aromatic carbocycles. The zero-order valence-electron chi connectivity index (χ0n) is 9.41. The van der Waals surface area contributed by atoms with E-state index in [1.807, 2.05) is 20.0 Å². The summed E-state index contributed by atoms with van der Waals surface area (Å²) in [6.45, 7) is 3.52. The fourth-order valence-corrected chi connectivity index (χ4v) is 1.16. The van der Waals surface area contributed by atoms with E-state index in [-0.39, 0.29) is 0 Å². The van der Waals surface area contributed by atoms with Gasteiger partial charge in [0.15, 0.2) is 5.82 Å². The van der Waals surface area contributed by atoms with E-state index in [0.717, 1.165) is 11.5 Å². The van der Waals surface area contributed by atoms with Gasteiger partial charge in [0.1, 0.15) is 12.4 Å². The number of methoxy groups -OCH3 is 1. The molecule has 0 spiro atoms. The molecular formula is C10H17N3O2. The molecule has 0 unspecified atom stereocenters. The third-order valence-electron chi connectivity index (χ3n) is 1.81. The van der Waals surface area contributed by atoms with Crippen molar-refractivity contribution in [3.63, 3.8) is 0 Å². The van der Waals surface area contributed by atoms with E-state index in [0.29, 0.717) is 25.6 Å². The van der Waals surface area contributed by atoms with Gasteiger partial charge in [-0.2, -0.15) is 0 Å². The Labute approximate surface area is 89.8 Å². The number of anilines is 1. The van der Waals surface area contributed by atoms with Gasteiger partial charge in [-0.25, -0.2) is 9.97 Å². The summed E-state index contributed by atoms with van der Waals surface area (Å²) in [7, 11) is 3.47. The van der Waals surface area contributed by atoms with Crippen molar-refractivity contribution in [3.05, 3.63) is 17.6 Å². The van der Waals surface area contributed by atoms with Crippen LogP contribution in [0.4, 0.5) is 5.82 Å². The Kier molecular flexibility index (Phi) is 5.00. The fourth-order valence-electron chi connectivity index (χ4n) is 1.16. The Morgan fingerprint density at radius 3 is 2.73 bits per heavy atom. The summed E-state index contributed by atoms with van der Waals surface area (Å²) in [5.74, 6) is 1.46. The molecule has 0 bridgehead atoms. The standard InChI is InChI=1S/C10H17N3O2/c1-4-15-7-10-12-8(6-14-3)5-9(11-2)13-10/h5H,4,6-7H2,1-3H3,(H,11,12,13). The van der Waals surface area contributed by atoms with Gasteiger partial charge in [-0.15, -0.1) is 0 Å². The van der Waals surface area contributed by atoms with Crippen LogP contribution < -0.4 is 5.32 Å². The summed E-state index contributed by atoms with van der Waals surface area (Å²) < 4.78 is 10.3. The molecule has 0 aliphatic carbocycles. The minimum absolute atomic E-state index is 0.433. The minimum Gasteiger partial charge on any atom is -0.378 e.